The van der Waals surface area contributed by atoms with E-state index in [1.54, 1.807) is 141 Å². The zero-order valence-electron chi connectivity index (χ0n) is 68.2. The molecule has 7 aromatic heterocycles. The zero-order valence-corrected chi connectivity index (χ0v) is 68.2. The molecule has 618 valence electrons. The second-order valence-electron chi connectivity index (χ2n) is 28.4. The Morgan fingerprint density at radius 1 is 0.432 bits per heavy atom. The lowest BCUT2D eigenvalue weighted by Crippen LogP contribution is -2.35. The van der Waals surface area contributed by atoms with E-state index >= 15 is 0 Å². The minimum atomic E-state index is -0.512. The van der Waals surface area contributed by atoms with Gasteiger partial charge in [0, 0.05) is 125 Å². The van der Waals surface area contributed by atoms with Crippen molar-refractivity contribution in [3.05, 3.63) is 223 Å². The molecule has 0 aliphatic heterocycles. The number of nitrogens with zero attached hydrogens (tertiary/aromatic N) is 14. The maximum absolute atomic E-state index is 14.4. The maximum Gasteiger partial charge on any atom is 0.186 e. The molecule has 0 radical (unpaired) electrons. The van der Waals surface area contributed by atoms with Gasteiger partial charge in [0.05, 0.1) is 45.4 Å². The number of allylic oxidation sites excluding steroid dienone is 4. The summed E-state index contributed by atoms with van der Waals surface area (Å²) in [6, 6.07) is 37.6. The van der Waals surface area contributed by atoms with Crippen LogP contribution in [0.5, 0.6) is 28.7 Å². The number of halogens is 2. The maximum atomic E-state index is 14.4. The van der Waals surface area contributed by atoms with Gasteiger partial charge in [0.2, 0.25) is 0 Å². The number of pyridine rings is 1. The van der Waals surface area contributed by atoms with Gasteiger partial charge in [-0.3, -0.25) is 10.1 Å². The Morgan fingerprint density at radius 2 is 0.856 bits per heavy atom. The molecule has 0 saturated heterocycles. The molecule has 0 spiro atoms. The van der Waals surface area contributed by atoms with Gasteiger partial charge >= 0.3 is 0 Å². The third-order valence-electron chi connectivity index (χ3n) is 19.1. The van der Waals surface area contributed by atoms with Gasteiger partial charge in [-0.1, -0.05) is 94.3 Å². The highest BCUT2D eigenvalue weighted by Crippen LogP contribution is 2.37. The van der Waals surface area contributed by atoms with Crippen molar-refractivity contribution < 1.29 is 34.3 Å². The number of aromatic amines is 1. The Kier molecular flexibility index (Phi) is 32.9. The minimum Gasteiger partial charge on any atom is -0.507 e. The van der Waals surface area contributed by atoms with E-state index in [0.29, 0.717) is 101 Å². The number of aromatic nitrogens is 13. The third-order valence-corrected chi connectivity index (χ3v) is 19.1. The van der Waals surface area contributed by atoms with E-state index in [9.17, 15) is 34.3 Å². The van der Waals surface area contributed by atoms with Crippen LogP contribution >= 0.6 is 0 Å². The molecule has 12 aromatic rings. The van der Waals surface area contributed by atoms with Crippen LogP contribution in [-0.4, -0.2) is 168 Å². The number of H-pyrrole nitrogens is 1. The number of aryl methyl sites for hydroxylation is 3. The van der Waals surface area contributed by atoms with Gasteiger partial charge in [0.15, 0.2) is 52.4 Å². The molecule has 1 aliphatic carbocycles. The molecular weight excluding hydrogens is 1500 g/mol. The molecule has 118 heavy (non-hydrogen) atoms. The highest BCUT2D eigenvalue weighted by atomic mass is 19.1. The van der Waals surface area contributed by atoms with Gasteiger partial charge in [0.25, 0.3) is 0 Å². The fraction of sp³-hybridized carbons (Fsp3) is 0.295. The van der Waals surface area contributed by atoms with E-state index < -0.39 is 11.6 Å². The van der Waals surface area contributed by atoms with E-state index in [1.165, 1.54) is 0 Å². The summed E-state index contributed by atoms with van der Waals surface area (Å²) in [5, 5.41) is 67.1. The van der Waals surface area contributed by atoms with E-state index in [2.05, 4.69) is 99.2 Å². The quantitative estimate of drug-likeness (QED) is 0.0217. The van der Waals surface area contributed by atoms with Crippen molar-refractivity contribution in [1.82, 2.24) is 65.0 Å². The number of aromatic hydroxyl groups is 5. The normalized spacial score (nSPS) is 12.6. The Labute approximate surface area is 687 Å². The second kappa shape index (κ2) is 43.6. The van der Waals surface area contributed by atoms with Crippen molar-refractivity contribution in [2.24, 2.45) is 28.7 Å². The summed E-state index contributed by atoms with van der Waals surface area (Å²) in [6.45, 7) is 18.4. The Bertz CT molecular complexity index is 5300. The standard InChI is InChI=1S/C19H21N5O.C19H22N4O.C17H23FN4O.C17H20N6O.C16H21FN4O/c1-2-15(20)12-23-18-7-9-22-19(24-18)16-10-13(5-6-17(16)25)14-4-3-8-21-11-14;1-2-15(20)12-22-18-9-10-21-19(23-18)16-11-14(7-8-17(16)24)13-5-3-4-6-13;1-5-12(19)9-22(4)17-15(18)11(3)20-16(21-17)13-8-10(2)6-7-14(13)23;1-2-12(18)10-20-16-6-7-19-17(22-16)13-9-11(3-4-15(13)24)14-5-8-21-23-14;1-4-11(18)9-21(3)16-13(17)8-19-15(20-16)12-7-10(2)5-6-14(12)22/h3-11,15,25H,2,12,20H2,1H3,(H,22,23,24);3,5-11,15,24H,2,4,12,20H2,1H3,(H,21,22,23);6-8,12,23H,5,9,19H2,1-4H3;3-9,12,24H,2,10,18H2,1H3,(H,21,23)(H,19,20,22);5-8,11,22H,4,9,18H2,1-3H3/t2*15-;2*12-;11-/m11111/s1. The number of phenols is 5. The number of phenolic OH excluding ortho intramolecular Hbond substituents is 5. The first kappa shape index (κ1) is 88.9. The number of likely N-dealkylation sites (N-methyl/N-ethyl adjacent to an activating group) is 2. The lowest BCUT2D eigenvalue weighted by Gasteiger charge is -2.23. The summed E-state index contributed by atoms with van der Waals surface area (Å²) in [5.74, 6) is 4.00. The monoisotopic (exact) mass is 1600 g/mol. The lowest BCUT2D eigenvalue weighted by atomic mass is 10.0. The predicted octanol–water partition coefficient (Wildman–Crippen LogP) is 14.0. The summed E-state index contributed by atoms with van der Waals surface area (Å²) >= 11 is 0. The molecule has 5 aromatic carbocycles. The van der Waals surface area contributed by atoms with E-state index in [0.717, 1.165) is 89.4 Å². The minimum absolute atomic E-state index is 0.0600. The molecule has 7 heterocycles. The van der Waals surface area contributed by atoms with E-state index in [1.807, 2.05) is 103 Å². The largest absolute Gasteiger partial charge is 0.507 e. The molecule has 30 heteroatoms. The number of hydrogen-bond donors (Lipinski definition) is 14. The molecule has 0 fully saturated rings. The molecule has 0 unspecified atom stereocenters. The number of nitrogens with one attached hydrogen (secondary N) is 4. The summed E-state index contributed by atoms with van der Waals surface area (Å²) in [7, 11) is 3.49. The van der Waals surface area contributed by atoms with Gasteiger partial charge in [0.1, 0.15) is 46.2 Å². The number of rotatable bonds is 28. The molecule has 0 amide bonds. The highest BCUT2D eigenvalue weighted by molar-refractivity contribution is 5.81. The van der Waals surface area contributed by atoms with Gasteiger partial charge in [-0.25, -0.2) is 58.6 Å². The average molecular weight is 1600 g/mol. The SMILES string of the molecule is CC[C@@H](N)CN(C)c1nc(-c2cc(C)ccc2O)nc(C)c1F.CC[C@@H](N)CN(C)c1nc(-c2cc(C)ccc2O)ncc1F.CC[C@@H](N)CNc1ccnc(-c2cc(-c3cccnc3)ccc2O)n1.CC[C@@H](N)CNc1ccnc(-c2cc(-c3ccn[nH]3)ccc2O)n1.CC[C@@H](N)CNc1ccnc(-c2cc(C3=CCC=C3)ccc2O)n1. The van der Waals surface area contributed by atoms with Crippen LogP contribution in [0.1, 0.15) is 95.5 Å². The predicted molar refractivity (Wildman–Crippen MR) is 466 cm³/mol. The van der Waals surface area contributed by atoms with Crippen LogP contribution in [0, 0.1) is 32.4 Å². The van der Waals surface area contributed by atoms with Crippen molar-refractivity contribution >= 4 is 34.7 Å². The molecule has 0 saturated carbocycles. The third kappa shape index (κ3) is 25.3. The molecule has 1 aliphatic rings. The topological polar surface area (TPSA) is 444 Å². The first-order valence-electron chi connectivity index (χ1n) is 39.1. The first-order valence-corrected chi connectivity index (χ1v) is 39.1. The van der Waals surface area contributed by atoms with Gasteiger partial charge in [-0.2, -0.15) is 5.10 Å². The Hall–Kier alpha value is -13.0. The highest BCUT2D eigenvalue weighted by Gasteiger charge is 2.22. The summed E-state index contributed by atoms with van der Waals surface area (Å²) in [5.41, 5.74) is 40.4. The average Bonchev–Trinajstić information content (AvgIpc) is 1.07. The van der Waals surface area contributed by atoms with Gasteiger partial charge in [-0.15, -0.1) is 0 Å². The van der Waals surface area contributed by atoms with Crippen LogP contribution < -0.4 is 54.4 Å². The van der Waals surface area contributed by atoms with E-state index in [4.69, 9.17) is 28.7 Å². The summed E-state index contributed by atoms with van der Waals surface area (Å²) < 4.78 is 28.4. The number of nitrogens with two attached hydrogens (primary N) is 5. The van der Waals surface area contributed by atoms with Crippen LogP contribution in [0.4, 0.5) is 37.9 Å². The van der Waals surface area contributed by atoms with E-state index in [-0.39, 0.29) is 82.1 Å². The second-order valence-corrected chi connectivity index (χ2v) is 28.4. The van der Waals surface area contributed by atoms with Crippen molar-refractivity contribution in [3.63, 3.8) is 0 Å². The van der Waals surface area contributed by atoms with Crippen LogP contribution in [0.2, 0.25) is 0 Å². The van der Waals surface area contributed by atoms with Crippen LogP contribution in [0.25, 0.3) is 84.9 Å². The molecule has 0 bridgehead atoms. The van der Waals surface area contributed by atoms with Gasteiger partial charge < -0.3 is 80.0 Å². The van der Waals surface area contributed by atoms with Crippen molar-refractivity contribution in [1.29, 1.82) is 0 Å². The van der Waals surface area contributed by atoms with Crippen LogP contribution in [-0.2, 0) is 0 Å². The fourth-order valence-electron chi connectivity index (χ4n) is 11.7. The Morgan fingerprint density at radius 3 is 1.31 bits per heavy atom. The molecule has 5 atom stereocenters. The lowest BCUT2D eigenvalue weighted by molar-refractivity contribution is 0.476. The van der Waals surface area contributed by atoms with Crippen molar-refractivity contribution in [2.75, 3.05) is 72.6 Å². The zero-order chi connectivity index (χ0) is 85.0. The smallest absolute Gasteiger partial charge is 0.186 e. The number of hydrogen-bond acceptors (Lipinski definition) is 27. The van der Waals surface area contributed by atoms with Crippen LogP contribution in [0.15, 0.2) is 189 Å². The number of anilines is 5. The molecule has 13 rings (SSSR count). The van der Waals surface area contributed by atoms with Crippen LogP contribution in [0.3, 0.4) is 0 Å². The summed E-state index contributed by atoms with van der Waals surface area (Å²) in [4.78, 5) is 50.6. The first-order chi connectivity index (χ1) is 56.8. The Balaban J connectivity index is 0.000000168. The van der Waals surface area contributed by atoms with Crippen molar-refractivity contribution in [2.45, 2.75) is 124 Å². The summed E-state index contributed by atoms with van der Waals surface area (Å²) in [6.07, 6.45) is 22.9. The fourth-order valence-corrected chi connectivity index (χ4v) is 11.7. The molecule has 28 nitrogen and oxygen atoms in total. The van der Waals surface area contributed by atoms with Gasteiger partial charge in [-0.05, 0) is 173 Å². The van der Waals surface area contributed by atoms with Crippen molar-refractivity contribution in [3.8, 4) is 108 Å². The molecule has 19 N–H and O–H groups in total. The molecular formula is C88H107F2N23O5. The number of benzene rings is 5.